The predicted molar refractivity (Wildman–Crippen MR) is 37.2 cm³/mol. The van der Waals surface area contributed by atoms with E-state index >= 15 is 0 Å². The maximum atomic E-state index is 10.2. The molecule has 0 N–H and O–H groups in total. The molecule has 0 bridgehead atoms. The number of rotatable bonds is 1. The molecule has 0 aromatic heterocycles. The summed E-state index contributed by atoms with van der Waals surface area (Å²) in [5.41, 5.74) is -0.265. The van der Waals surface area contributed by atoms with Crippen molar-refractivity contribution in [1.29, 1.82) is 0 Å². The van der Waals surface area contributed by atoms with Crippen LogP contribution in [0, 0.1) is 5.41 Å². The Balaban J connectivity index is -0.000000107. The molecule has 0 aromatic rings. The average molecular weight is 399 g/mol. The van der Waals surface area contributed by atoms with Gasteiger partial charge in [-0.05, 0) is 5.41 Å². The standard InChI is InChI=1S/C6H11BrO2.HI.2K/c1-6(2,3)4(7)5(8)9;;;/h4H,1-3H3,(H,8,9);1H;;/q;;2*+1/p-2. The van der Waals surface area contributed by atoms with Crippen LogP contribution in [-0.4, -0.2) is 10.8 Å². The molecule has 1 unspecified atom stereocenters. The van der Waals surface area contributed by atoms with Crippen LogP contribution in [0.25, 0.3) is 0 Å². The molecular formula is C6H10BrIK2O2. The van der Waals surface area contributed by atoms with Gasteiger partial charge in [-0.3, -0.25) is 0 Å². The van der Waals surface area contributed by atoms with Crippen molar-refractivity contribution in [1.82, 2.24) is 0 Å². The zero-order valence-electron chi connectivity index (χ0n) is 8.15. The topological polar surface area (TPSA) is 40.1 Å². The number of carboxylic acid groups (broad SMARTS) is 1. The summed E-state index contributed by atoms with van der Waals surface area (Å²) in [7, 11) is 0. The van der Waals surface area contributed by atoms with Gasteiger partial charge in [0, 0.05) is 0 Å². The third-order valence-corrected chi connectivity index (χ3v) is 2.71. The van der Waals surface area contributed by atoms with Gasteiger partial charge in [0.05, 0.1) is 10.8 Å². The average Bonchev–Trinajstić information content (AvgIpc) is 1.62. The van der Waals surface area contributed by atoms with Gasteiger partial charge < -0.3 is 33.9 Å². The monoisotopic (exact) mass is 398 g/mol. The smallest absolute Gasteiger partial charge is 1.00 e. The van der Waals surface area contributed by atoms with Gasteiger partial charge in [0.2, 0.25) is 0 Å². The molecule has 1 atom stereocenters. The molecule has 2 nitrogen and oxygen atoms in total. The number of carboxylic acids is 1. The van der Waals surface area contributed by atoms with Crippen molar-refractivity contribution in [2.24, 2.45) is 5.41 Å². The summed E-state index contributed by atoms with van der Waals surface area (Å²) in [6.07, 6.45) is 0. The van der Waals surface area contributed by atoms with Crippen molar-refractivity contribution < 1.29 is 137 Å². The third kappa shape index (κ3) is 12.0. The van der Waals surface area contributed by atoms with Crippen LogP contribution in [0.5, 0.6) is 0 Å². The van der Waals surface area contributed by atoms with E-state index in [0.717, 1.165) is 0 Å². The molecule has 0 aliphatic heterocycles. The maximum Gasteiger partial charge on any atom is 1.00 e. The van der Waals surface area contributed by atoms with E-state index in [4.69, 9.17) is 0 Å². The van der Waals surface area contributed by atoms with Crippen LogP contribution in [0.4, 0.5) is 0 Å². The van der Waals surface area contributed by atoms with Gasteiger partial charge in [-0.1, -0.05) is 36.7 Å². The molecule has 0 saturated carbocycles. The van der Waals surface area contributed by atoms with Crippen molar-refractivity contribution in [3.63, 3.8) is 0 Å². The van der Waals surface area contributed by atoms with Gasteiger partial charge in [0.1, 0.15) is 0 Å². The van der Waals surface area contributed by atoms with Gasteiger partial charge >= 0.3 is 103 Å². The Bertz CT molecular complexity index is 127. The Morgan fingerprint density at radius 2 is 1.58 bits per heavy atom. The van der Waals surface area contributed by atoms with Crippen LogP contribution >= 0.6 is 15.9 Å². The number of hydrogen-bond donors (Lipinski definition) is 0. The molecule has 0 aromatic carbocycles. The van der Waals surface area contributed by atoms with Crippen LogP contribution in [0.1, 0.15) is 20.8 Å². The largest absolute Gasteiger partial charge is 1.00 e. The molecule has 0 rings (SSSR count). The molecule has 0 aliphatic carbocycles. The quantitative estimate of drug-likeness (QED) is 0.250. The van der Waals surface area contributed by atoms with Crippen LogP contribution in [0.15, 0.2) is 0 Å². The molecule has 6 heteroatoms. The first kappa shape index (κ1) is 25.0. The molecule has 0 aliphatic rings. The summed E-state index contributed by atoms with van der Waals surface area (Å²) < 4.78 is 0. The zero-order chi connectivity index (χ0) is 7.65. The minimum atomic E-state index is -1.05. The molecule has 0 saturated heterocycles. The molecule has 0 amide bonds. The molecule has 62 valence electrons. The number of halogens is 2. The third-order valence-electron chi connectivity index (χ3n) is 0.967. The van der Waals surface area contributed by atoms with E-state index < -0.39 is 10.8 Å². The van der Waals surface area contributed by atoms with Crippen molar-refractivity contribution in [2.45, 2.75) is 25.6 Å². The Labute approximate surface area is 184 Å². The number of carbonyl (C=O) groups excluding carboxylic acids is 1. The molecule has 0 heterocycles. The van der Waals surface area contributed by atoms with E-state index in [-0.39, 0.29) is 132 Å². The predicted octanol–water partition coefficient (Wildman–Crippen LogP) is -8.44. The molecule has 12 heavy (non-hydrogen) atoms. The number of hydrogen-bond acceptors (Lipinski definition) is 2. The number of carbonyl (C=O) groups is 1. The summed E-state index contributed by atoms with van der Waals surface area (Å²) >= 11 is 3.00. The first-order valence-electron chi connectivity index (χ1n) is 2.70. The number of alkyl halides is 1. The summed E-state index contributed by atoms with van der Waals surface area (Å²) in [5.74, 6) is -1.05. The Morgan fingerprint density at radius 1 is 1.33 bits per heavy atom. The molecule has 0 fully saturated rings. The van der Waals surface area contributed by atoms with E-state index in [1.165, 1.54) is 0 Å². The first-order valence-corrected chi connectivity index (χ1v) is 3.62. The van der Waals surface area contributed by atoms with E-state index in [0.29, 0.717) is 0 Å². The summed E-state index contributed by atoms with van der Waals surface area (Å²) in [6.45, 7) is 5.51. The fourth-order valence-corrected chi connectivity index (χ4v) is 0.354. The van der Waals surface area contributed by atoms with Crippen molar-refractivity contribution in [2.75, 3.05) is 0 Å². The fraction of sp³-hybridized carbons (Fsp3) is 0.833. The second-order valence-electron chi connectivity index (χ2n) is 3.05. The molecule has 0 radical (unpaired) electrons. The minimum Gasteiger partial charge on any atom is -1.00 e. The second kappa shape index (κ2) is 11.4. The van der Waals surface area contributed by atoms with Gasteiger partial charge in [0.15, 0.2) is 0 Å². The van der Waals surface area contributed by atoms with Gasteiger partial charge in [-0.2, -0.15) is 0 Å². The van der Waals surface area contributed by atoms with E-state index in [9.17, 15) is 9.90 Å². The van der Waals surface area contributed by atoms with Crippen molar-refractivity contribution >= 4 is 21.9 Å². The maximum absolute atomic E-state index is 10.2. The van der Waals surface area contributed by atoms with Gasteiger partial charge in [0.25, 0.3) is 0 Å². The van der Waals surface area contributed by atoms with Gasteiger partial charge in [-0.25, -0.2) is 0 Å². The summed E-state index contributed by atoms with van der Waals surface area (Å²) in [4.78, 5) is 9.62. The molecular weight excluding hydrogens is 389 g/mol. The van der Waals surface area contributed by atoms with Crippen LogP contribution in [-0.2, 0) is 4.79 Å². The minimum absolute atomic E-state index is 0. The second-order valence-corrected chi connectivity index (χ2v) is 3.96. The normalized spacial score (nSPS) is 11.3. The van der Waals surface area contributed by atoms with E-state index in [1.54, 1.807) is 0 Å². The Kier molecular flexibility index (Phi) is 23.8. The van der Waals surface area contributed by atoms with Crippen molar-refractivity contribution in [3.8, 4) is 0 Å². The Hall–Kier alpha value is 3.95. The Morgan fingerprint density at radius 3 is 1.58 bits per heavy atom. The summed E-state index contributed by atoms with van der Waals surface area (Å²) in [6, 6.07) is 0. The van der Waals surface area contributed by atoms with Crippen molar-refractivity contribution in [3.05, 3.63) is 0 Å². The van der Waals surface area contributed by atoms with E-state index in [2.05, 4.69) is 15.9 Å². The SMILES string of the molecule is CC(C)(C)C(Br)C(=O)[O-].[I-].[K+].[K+]. The zero-order valence-corrected chi connectivity index (χ0v) is 18.1. The number of aliphatic carboxylic acids is 1. The van der Waals surface area contributed by atoms with E-state index in [1.807, 2.05) is 20.8 Å². The molecule has 0 spiro atoms. The van der Waals surface area contributed by atoms with Crippen LogP contribution in [0.3, 0.4) is 0 Å². The van der Waals surface area contributed by atoms with Crippen LogP contribution in [0.2, 0.25) is 0 Å². The summed E-state index contributed by atoms with van der Waals surface area (Å²) in [5, 5.41) is 10.2. The first-order chi connectivity index (χ1) is 3.85. The van der Waals surface area contributed by atoms with Crippen LogP contribution < -0.4 is 132 Å². The fourth-order valence-electron chi connectivity index (χ4n) is 0.354. The van der Waals surface area contributed by atoms with Gasteiger partial charge in [-0.15, -0.1) is 0 Å².